The van der Waals surface area contributed by atoms with E-state index in [4.69, 9.17) is 5.11 Å². The van der Waals surface area contributed by atoms with Gasteiger partial charge in [-0.3, -0.25) is 9.78 Å². The molecule has 2 N–H and O–H groups in total. The van der Waals surface area contributed by atoms with Crippen molar-refractivity contribution in [1.29, 1.82) is 0 Å². The molecule has 0 saturated carbocycles. The van der Waals surface area contributed by atoms with Crippen LogP contribution in [0.15, 0.2) is 36.5 Å². The van der Waals surface area contributed by atoms with Crippen molar-refractivity contribution in [3.8, 4) is 0 Å². The Kier molecular flexibility index (Phi) is 3.69. The fourth-order valence-electron chi connectivity index (χ4n) is 1.43. The number of rotatable bonds is 3. The summed E-state index contributed by atoms with van der Waals surface area (Å²) >= 11 is 0. The summed E-state index contributed by atoms with van der Waals surface area (Å²) < 4.78 is 26.3. The Balaban J connectivity index is 2.19. The van der Waals surface area contributed by atoms with Crippen molar-refractivity contribution < 1.29 is 23.5 Å². The van der Waals surface area contributed by atoms with E-state index in [1.54, 1.807) is 0 Å². The van der Waals surface area contributed by atoms with Gasteiger partial charge in [0.25, 0.3) is 5.91 Å². The molecule has 1 aromatic carbocycles. The zero-order valence-corrected chi connectivity index (χ0v) is 9.93. The van der Waals surface area contributed by atoms with Crippen LogP contribution in [-0.2, 0) is 0 Å². The maximum absolute atomic E-state index is 13.3. The van der Waals surface area contributed by atoms with Crippen LogP contribution < -0.4 is 5.32 Å². The van der Waals surface area contributed by atoms with Crippen LogP contribution in [0.3, 0.4) is 0 Å². The van der Waals surface area contributed by atoms with Gasteiger partial charge in [0.05, 0.1) is 11.3 Å². The van der Waals surface area contributed by atoms with Crippen LogP contribution in [0.2, 0.25) is 0 Å². The number of aromatic carboxylic acids is 1. The van der Waals surface area contributed by atoms with E-state index < -0.39 is 23.5 Å². The molecule has 2 rings (SSSR count). The molecule has 0 atom stereocenters. The largest absolute Gasteiger partial charge is 0.478 e. The lowest BCUT2D eigenvalue weighted by atomic mass is 10.2. The molecule has 1 aromatic heterocycles. The van der Waals surface area contributed by atoms with E-state index >= 15 is 0 Å². The zero-order chi connectivity index (χ0) is 14.7. The number of carboxylic acid groups (broad SMARTS) is 1. The van der Waals surface area contributed by atoms with Gasteiger partial charge < -0.3 is 10.4 Å². The number of pyridine rings is 1. The minimum absolute atomic E-state index is 0.0847. The first kappa shape index (κ1) is 13.6. The third kappa shape index (κ3) is 2.94. The number of benzene rings is 1. The van der Waals surface area contributed by atoms with Crippen LogP contribution in [0, 0.1) is 11.6 Å². The molecule has 20 heavy (non-hydrogen) atoms. The van der Waals surface area contributed by atoms with Crippen LogP contribution in [0.4, 0.5) is 14.5 Å². The molecule has 2 aromatic rings. The smallest absolute Gasteiger partial charge is 0.337 e. The minimum atomic E-state index is -1.18. The highest BCUT2D eigenvalue weighted by Crippen LogP contribution is 2.16. The van der Waals surface area contributed by atoms with Gasteiger partial charge in [-0.1, -0.05) is 0 Å². The minimum Gasteiger partial charge on any atom is -0.478 e. The predicted molar refractivity (Wildman–Crippen MR) is 65.5 cm³/mol. The quantitative estimate of drug-likeness (QED) is 0.903. The number of hydrogen-bond acceptors (Lipinski definition) is 3. The third-order valence-corrected chi connectivity index (χ3v) is 2.42. The van der Waals surface area contributed by atoms with Gasteiger partial charge >= 0.3 is 5.97 Å². The molecule has 0 saturated heterocycles. The summed E-state index contributed by atoms with van der Waals surface area (Å²) in [4.78, 5) is 26.0. The molecule has 0 spiro atoms. The summed E-state index contributed by atoms with van der Waals surface area (Å²) in [6.07, 6.45) is 0.999. The molecule has 0 bridgehead atoms. The molecule has 5 nitrogen and oxygen atoms in total. The van der Waals surface area contributed by atoms with Crippen LogP contribution in [-0.4, -0.2) is 22.0 Å². The van der Waals surface area contributed by atoms with Gasteiger partial charge in [0, 0.05) is 12.3 Å². The second-order valence-corrected chi connectivity index (χ2v) is 3.82. The van der Waals surface area contributed by atoms with E-state index in [1.807, 2.05) is 0 Å². The van der Waals surface area contributed by atoms with E-state index in [1.165, 1.54) is 12.1 Å². The van der Waals surface area contributed by atoms with Gasteiger partial charge in [-0.05, 0) is 24.3 Å². The molecule has 1 amide bonds. The number of carbonyl (C=O) groups excluding carboxylic acids is 1. The van der Waals surface area contributed by atoms with Crippen LogP contribution in [0.1, 0.15) is 20.8 Å². The average Bonchev–Trinajstić information content (AvgIpc) is 2.43. The van der Waals surface area contributed by atoms with Crippen molar-refractivity contribution in [2.75, 3.05) is 5.32 Å². The molecule has 1 heterocycles. The molecule has 0 fully saturated rings. The summed E-state index contributed by atoms with van der Waals surface area (Å²) in [7, 11) is 0. The number of nitrogens with one attached hydrogen (secondary N) is 1. The average molecular weight is 278 g/mol. The molecule has 7 heteroatoms. The number of anilines is 1. The van der Waals surface area contributed by atoms with Gasteiger partial charge in [-0.25, -0.2) is 13.6 Å². The standard InChI is InChI=1S/C13H8F2N2O3/c14-8-2-3-9(15)11(5-8)17-12(18)10-4-1-7(6-16-10)13(19)20/h1-6H,(H,17,18)(H,19,20). The fraction of sp³-hybridized carbons (Fsp3) is 0. The highest BCUT2D eigenvalue weighted by atomic mass is 19.1. The van der Waals surface area contributed by atoms with Gasteiger partial charge in [-0.15, -0.1) is 0 Å². The molecule has 0 radical (unpaired) electrons. The van der Waals surface area contributed by atoms with Crippen molar-refractivity contribution in [2.45, 2.75) is 0 Å². The second-order valence-electron chi connectivity index (χ2n) is 3.82. The predicted octanol–water partition coefficient (Wildman–Crippen LogP) is 2.31. The maximum atomic E-state index is 13.3. The summed E-state index contributed by atoms with van der Waals surface area (Å²) in [5.41, 5.74) is -0.517. The molecule has 0 aliphatic heterocycles. The number of hydrogen-bond donors (Lipinski definition) is 2. The first-order valence-corrected chi connectivity index (χ1v) is 5.43. The van der Waals surface area contributed by atoms with Gasteiger partial charge in [0.1, 0.15) is 17.3 Å². The first-order chi connectivity index (χ1) is 9.47. The lowest BCUT2D eigenvalue weighted by Gasteiger charge is -2.06. The molecule has 0 aliphatic rings. The van der Waals surface area contributed by atoms with Gasteiger partial charge in [-0.2, -0.15) is 0 Å². The fourth-order valence-corrected chi connectivity index (χ4v) is 1.43. The second kappa shape index (κ2) is 5.43. The molecule has 0 unspecified atom stereocenters. The Hall–Kier alpha value is -2.83. The van der Waals surface area contributed by atoms with E-state index in [2.05, 4.69) is 10.3 Å². The third-order valence-electron chi connectivity index (χ3n) is 2.42. The van der Waals surface area contributed by atoms with Gasteiger partial charge in [0.2, 0.25) is 0 Å². The Bertz CT molecular complexity index is 672. The normalized spacial score (nSPS) is 10.1. The summed E-state index contributed by atoms with van der Waals surface area (Å²) in [6, 6.07) is 5.00. The van der Waals surface area contributed by atoms with Crippen molar-refractivity contribution >= 4 is 17.6 Å². The Morgan fingerprint density at radius 3 is 2.50 bits per heavy atom. The van der Waals surface area contributed by atoms with Crippen molar-refractivity contribution in [1.82, 2.24) is 4.98 Å². The van der Waals surface area contributed by atoms with Crippen molar-refractivity contribution in [2.24, 2.45) is 0 Å². The van der Waals surface area contributed by atoms with Crippen molar-refractivity contribution in [3.05, 3.63) is 59.4 Å². The zero-order valence-electron chi connectivity index (χ0n) is 9.93. The van der Waals surface area contributed by atoms with Crippen molar-refractivity contribution in [3.63, 3.8) is 0 Å². The molecular weight excluding hydrogens is 270 g/mol. The summed E-state index contributed by atoms with van der Waals surface area (Å²) in [5.74, 6) is -3.44. The molecule has 102 valence electrons. The lowest BCUT2D eigenvalue weighted by molar-refractivity contribution is 0.0696. The first-order valence-electron chi connectivity index (χ1n) is 5.43. The van der Waals surface area contributed by atoms with Crippen LogP contribution in [0.25, 0.3) is 0 Å². The van der Waals surface area contributed by atoms with E-state index in [9.17, 15) is 18.4 Å². The highest BCUT2D eigenvalue weighted by molar-refractivity contribution is 6.03. The molecular formula is C13H8F2N2O3. The van der Waals surface area contributed by atoms with Gasteiger partial charge in [0.15, 0.2) is 0 Å². The van der Waals surface area contributed by atoms with Crippen LogP contribution in [0.5, 0.6) is 0 Å². The number of carboxylic acids is 1. The number of amides is 1. The van der Waals surface area contributed by atoms with Crippen LogP contribution >= 0.6 is 0 Å². The van der Waals surface area contributed by atoms with E-state index in [0.717, 1.165) is 24.4 Å². The summed E-state index contributed by atoms with van der Waals surface area (Å²) in [5, 5.41) is 10.8. The highest BCUT2D eigenvalue weighted by Gasteiger charge is 2.12. The number of aromatic nitrogens is 1. The topological polar surface area (TPSA) is 79.3 Å². The number of halogens is 2. The Morgan fingerprint density at radius 2 is 1.90 bits per heavy atom. The monoisotopic (exact) mass is 278 g/mol. The number of carbonyl (C=O) groups is 2. The maximum Gasteiger partial charge on any atom is 0.337 e. The number of nitrogens with zero attached hydrogens (tertiary/aromatic N) is 1. The Morgan fingerprint density at radius 1 is 1.15 bits per heavy atom. The molecule has 0 aliphatic carbocycles. The van der Waals surface area contributed by atoms with E-state index in [-0.39, 0.29) is 16.9 Å². The van der Waals surface area contributed by atoms with E-state index in [0.29, 0.717) is 0 Å². The Labute approximate surface area is 111 Å². The SMILES string of the molecule is O=C(O)c1ccc(C(=O)Nc2cc(F)ccc2F)nc1. The summed E-state index contributed by atoms with van der Waals surface area (Å²) in [6.45, 7) is 0. The lowest BCUT2D eigenvalue weighted by Crippen LogP contribution is -2.15.